The van der Waals surface area contributed by atoms with Crippen molar-refractivity contribution in [2.24, 2.45) is 21.9 Å². The smallest absolute Gasteiger partial charge is 0.741 e. The number of hydrogen-bond donors (Lipinski definition) is 1. The Morgan fingerprint density at radius 1 is 1.19 bits per heavy atom. The van der Waals surface area contributed by atoms with E-state index in [2.05, 4.69) is 49.7 Å². The van der Waals surface area contributed by atoms with Gasteiger partial charge in [0, 0.05) is 6.21 Å². The number of carbonyl (C=O) groups is 3. The van der Waals surface area contributed by atoms with Gasteiger partial charge < -0.3 is 28.3 Å². The number of carboxylic acid groups (broad SMARTS) is 1. The molecule has 0 bridgehead atoms. The zero-order valence-electron chi connectivity index (χ0n) is 18.9. The maximum Gasteiger partial charge on any atom is 2.00 e. The van der Waals surface area contributed by atoms with Crippen LogP contribution < -0.4 is 10.8 Å². The number of benzene rings is 1. The maximum atomic E-state index is 11.8. The molecule has 0 saturated heterocycles. The normalized spacial score (nSPS) is 14.8. The number of rotatable bonds is 8. The first kappa shape index (κ1) is 29.9. The molecule has 1 aromatic carbocycles. The molecule has 2 N–H and O–H groups in total. The fourth-order valence-electron chi connectivity index (χ4n) is 2.76. The van der Waals surface area contributed by atoms with Crippen LogP contribution in [-0.4, -0.2) is 40.1 Å². The summed E-state index contributed by atoms with van der Waals surface area (Å²) in [7, 11) is 0. The molecular formula is C22H28HgN4O4S. The van der Waals surface area contributed by atoms with E-state index in [0.717, 1.165) is 12.8 Å². The fraction of sp³-hybridized carbons (Fsp3) is 0.409. The van der Waals surface area contributed by atoms with Gasteiger partial charge in [-0.15, -0.1) is 0 Å². The van der Waals surface area contributed by atoms with Crippen LogP contribution in [0.4, 0.5) is 0 Å². The van der Waals surface area contributed by atoms with Crippen LogP contribution in [0.15, 0.2) is 46.1 Å². The average molecular weight is 645 g/mol. The molecule has 0 spiro atoms. The number of fused-ring (bicyclic) bond motifs is 1. The third kappa shape index (κ3) is 9.56. The molecule has 0 aliphatic carbocycles. The van der Waals surface area contributed by atoms with Crippen molar-refractivity contribution in [1.29, 1.82) is 0 Å². The molecule has 1 aliphatic rings. The van der Waals surface area contributed by atoms with E-state index in [1.165, 1.54) is 31.1 Å². The second kappa shape index (κ2) is 14.8. The number of allylic oxidation sites excluding steroid dienone is 2. The Hall–Kier alpha value is -2.13. The molecule has 1 aliphatic heterocycles. The zero-order chi connectivity index (χ0) is 23.6. The summed E-state index contributed by atoms with van der Waals surface area (Å²) in [6.07, 6.45) is 7.25. The van der Waals surface area contributed by atoms with Crippen molar-refractivity contribution in [2.75, 3.05) is 0 Å². The molecule has 0 fully saturated rings. The number of carbonyl (C=O) groups excluding carboxylic acids is 3. The number of amidine groups is 1. The summed E-state index contributed by atoms with van der Waals surface area (Å²) < 4.78 is 0. The largest absolute Gasteiger partial charge is 2.00 e. The van der Waals surface area contributed by atoms with E-state index in [0.29, 0.717) is 10.8 Å². The second-order valence-electron chi connectivity index (χ2n) is 7.46. The molecule has 1 heterocycles. The molecule has 168 valence electrons. The minimum atomic E-state index is -1.45. The fourth-order valence-corrected chi connectivity index (χ4v) is 2.81. The second-order valence-corrected chi connectivity index (χ2v) is 7.88. The molecule has 10 heteroatoms. The van der Waals surface area contributed by atoms with Gasteiger partial charge in [0.15, 0.2) is 0 Å². The average Bonchev–Trinajstić information content (AvgIpc) is 2.95. The summed E-state index contributed by atoms with van der Waals surface area (Å²) in [4.78, 5) is 34.9. The predicted octanol–water partition coefficient (Wildman–Crippen LogP) is 2.02. The minimum Gasteiger partial charge on any atom is -0.741 e. The molecule has 2 atom stereocenters. The molecule has 8 nitrogen and oxygen atoms in total. The Morgan fingerprint density at radius 2 is 1.72 bits per heavy atom. The topological polar surface area (TPSA) is 128 Å². The van der Waals surface area contributed by atoms with Gasteiger partial charge >= 0.3 is 27.7 Å². The number of nitrogens with two attached hydrogens (primary N) is 1. The summed E-state index contributed by atoms with van der Waals surface area (Å²) in [5, 5.41) is 18.1. The van der Waals surface area contributed by atoms with Crippen LogP contribution in [0.2, 0.25) is 0 Å². The summed E-state index contributed by atoms with van der Waals surface area (Å²) >= 11 is 4.56. The van der Waals surface area contributed by atoms with E-state index in [4.69, 9.17) is 5.73 Å². The zero-order valence-corrected chi connectivity index (χ0v) is 25.2. The van der Waals surface area contributed by atoms with Crippen molar-refractivity contribution in [3.8, 4) is 0 Å². The summed E-state index contributed by atoms with van der Waals surface area (Å²) in [5.41, 5.74) is 7.01. The third-order valence-corrected chi connectivity index (χ3v) is 4.59. The van der Waals surface area contributed by atoms with Crippen LogP contribution >= 0.6 is 0 Å². The molecule has 1 aromatic rings. The van der Waals surface area contributed by atoms with Crippen molar-refractivity contribution in [2.45, 2.75) is 53.0 Å². The Bertz CT molecular complexity index is 859. The van der Waals surface area contributed by atoms with Gasteiger partial charge in [0.05, 0.1) is 23.1 Å². The number of hydrogen-bond acceptors (Lipinski definition) is 7. The van der Waals surface area contributed by atoms with Crippen LogP contribution in [-0.2, 0) is 45.1 Å². The molecule has 0 saturated carbocycles. The van der Waals surface area contributed by atoms with Crippen molar-refractivity contribution in [3.63, 3.8) is 0 Å². The van der Waals surface area contributed by atoms with Crippen LogP contribution in [0.3, 0.4) is 0 Å². The number of aliphatic carboxylic acids is 1. The van der Waals surface area contributed by atoms with E-state index >= 15 is 0 Å². The van der Waals surface area contributed by atoms with Gasteiger partial charge in [0.1, 0.15) is 0 Å². The van der Waals surface area contributed by atoms with Crippen molar-refractivity contribution < 1.29 is 47.2 Å². The first-order chi connectivity index (χ1) is 14.6. The van der Waals surface area contributed by atoms with E-state index < -0.39 is 23.8 Å². The molecule has 2 unspecified atom stereocenters. The monoisotopic (exact) mass is 646 g/mol. The van der Waals surface area contributed by atoms with Crippen molar-refractivity contribution >= 4 is 41.8 Å². The number of imide groups is 1. The molecule has 0 aromatic heterocycles. The number of nitrogens with zero attached hydrogens (tertiary/aromatic N) is 3. The quantitative estimate of drug-likeness (QED) is 0.0878. The first-order valence-corrected chi connectivity index (χ1v) is 10.3. The Balaban J connectivity index is 0.000000585. The van der Waals surface area contributed by atoms with Gasteiger partial charge in [-0.3, -0.25) is 14.5 Å². The first-order valence-electron chi connectivity index (χ1n) is 9.89. The predicted molar refractivity (Wildman–Crippen MR) is 121 cm³/mol. The minimum absolute atomic E-state index is 0. The van der Waals surface area contributed by atoms with Crippen LogP contribution in [0.25, 0.3) is 0 Å². The summed E-state index contributed by atoms with van der Waals surface area (Å²) in [5.74, 6) is -2.00. The Labute approximate surface area is 215 Å². The standard InChI is InChI=1S/C11H21N3S.C11H9NO4.Hg/c1-9(2)5-4-6-10(3)7-8-13-14-11(12)15;1-6(11(15)16)12-9(13)7-4-2-3-5-8(7)10(12)14;/h5,8,10H,4,6-7H2,1-3H3,(H3,12,14,15);2-6H,1H3,(H,15,16);/q;;+2/p-2/b13-8+;;. The van der Waals surface area contributed by atoms with Crippen molar-refractivity contribution in [1.82, 2.24) is 4.90 Å². The van der Waals surface area contributed by atoms with Crippen LogP contribution in [0.1, 0.15) is 67.7 Å². The van der Waals surface area contributed by atoms with Crippen molar-refractivity contribution in [3.05, 3.63) is 47.0 Å². The molecule has 2 rings (SSSR count). The molecule has 0 radical (unpaired) electrons. The van der Waals surface area contributed by atoms with E-state index in [9.17, 15) is 19.5 Å². The van der Waals surface area contributed by atoms with Gasteiger partial charge in [0.2, 0.25) is 0 Å². The summed E-state index contributed by atoms with van der Waals surface area (Å²) in [6, 6.07) is 4.98. The van der Waals surface area contributed by atoms with Gasteiger partial charge in [-0.2, -0.15) is 10.2 Å². The van der Waals surface area contributed by atoms with E-state index in [1.54, 1.807) is 18.3 Å². The third-order valence-electron chi connectivity index (χ3n) is 4.51. The van der Waals surface area contributed by atoms with Gasteiger partial charge in [-0.05, 0) is 63.3 Å². The van der Waals surface area contributed by atoms with E-state index in [1.807, 2.05) is 0 Å². The van der Waals surface area contributed by atoms with Crippen LogP contribution in [0.5, 0.6) is 0 Å². The maximum absolute atomic E-state index is 11.8. The SMILES string of the molecule is CC(C(=O)[O-])N1C(=O)c2ccccc2C1=O.CC(C)=CCCC(C)C/C=N/N=C(/N)[S-].[Hg+2]. The Kier molecular flexibility index (Phi) is 13.8. The van der Waals surface area contributed by atoms with Gasteiger partial charge in [-0.25, -0.2) is 0 Å². The van der Waals surface area contributed by atoms with Gasteiger partial charge in [-0.1, -0.05) is 30.7 Å². The molecule has 32 heavy (non-hydrogen) atoms. The number of carboxylic acids is 1. The van der Waals surface area contributed by atoms with Crippen LogP contribution in [0, 0.1) is 5.92 Å². The molecular weight excluding hydrogens is 617 g/mol. The summed E-state index contributed by atoms with van der Waals surface area (Å²) in [6.45, 7) is 7.68. The number of amides is 2. The van der Waals surface area contributed by atoms with Gasteiger partial charge in [0.25, 0.3) is 11.8 Å². The Morgan fingerprint density at radius 3 is 2.16 bits per heavy atom. The van der Waals surface area contributed by atoms with E-state index in [-0.39, 0.29) is 44.0 Å². The molecule has 2 amide bonds.